The zero-order valence-corrected chi connectivity index (χ0v) is 9.27. The predicted molar refractivity (Wildman–Crippen MR) is 57.4 cm³/mol. The van der Waals surface area contributed by atoms with Crippen molar-refractivity contribution in [2.24, 2.45) is 5.73 Å². The van der Waals surface area contributed by atoms with Crippen LogP contribution < -0.4 is 5.73 Å². The molecule has 0 unspecified atom stereocenters. The van der Waals surface area contributed by atoms with Gasteiger partial charge < -0.3 is 10.6 Å². The first-order valence-electron chi connectivity index (χ1n) is 5.23. The molecule has 1 rings (SSSR count). The SMILES string of the molecule is CC.CCCN1CCCC1.CN. The third-order valence-corrected chi connectivity index (χ3v) is 1.74. The summed E-state index contributed by atoms with van der Waals surface area (Å²) in [5, 5.41) is 0. The van der Waals surface area contributed by atoms with Crippen molar-refractivity contribution >= 4 is 0 Å². The van der Waals surface area contributed by atoms with Crippen molar-refractivity contribution in [3.63, 3.8) is 0 Å². The molecule has 2 N–H and O–H groups in total. The summed E-state index contributed by atoms with van der Waals surface area (Å²) in [5.74, 6) is 0. The van der Waals surface area contributed by atoms with Gasteiger partial charge in [-0.25, -0.2) is 0 Å². The molecule has 0 aromatic carbocycles. The quantitative estimate of drug-likeness (QED) is 0.694. The molecule has 12 heavy (non-hydrogen) atoms. The van der Waals surface area contributed by atoms with Crippen LogP contribution >= 0.6 is 0 Å². The Labute approximate surface area is 78.1 Å². The molecule has 0 spiro atoms. The minimum Gasteiger partial charge on any atom is -0.333 e. The molecule has 0 amide bonds. The Balaban J connectivity index is 0. The van der Waals surface area contributed by atoms with E-state index in [1.165, 1.54) is 45.9 Å². The van der Waals surface area contributed by atoms with E-state index in [4.69, 9.17) is 0 Å². The van der Waals surface area contributed by atoms with E-state index in [9.17, 15) is 0 Å². The van der Waals surface area contributed by atoms with Gasteiger partial charge in [-0.3, -0.25) is 0 Å². The monoisotopic (exact) mass is 174 g/mol. The van der Waals surface area contributed by atoms with E-state index in [0.717, 1.165) is 0 Å². The molecule has 1 aliphatic rings. The highest BCUT2D eigenvalue weighted by atomic mass is 15.1. The fourth-order valence-corrected chi connectivity index (χ4v) is 1.32. The lowest BCUT2D eigenvalue weighted by Crippen LogP contribution is -2.19. The van der Waals surface area contributed by atoms with Gasteiger partial charge in [0.2, 0.25) is 0 Å². The van der Waals surface area contributed by atoms with Gasteiger partial charge in [-0.2, -0.15) is 0 Å². The maximum Gasteiger partial charge on any atom is -0.00183 e. The Morgan fingerprint density at radius 2 is 1.50 bits per heavy atom. The lowest BCUT2D eigenvalue weighted by atomic mass is 10.4. The summed E-state index contributed by atoms with van der Waals surface area (Å²) in [6, 6.07) is 0. The summed E-state index contributed by atoms with van der Waals surface area (Å²) < 4.78 is 0. The third-order valence-electron chi connectivity index (χ3n) is 1.74. The minimum absolute atomic E-state index is 1.32. The summed E-state index contributed by atoms with van der Waals surface area (Å²) in [5.41, 5.74) is 4.50. The molecule has 1 heterocycles. The summed E-state index contributed by atoms with van der Waals surface area (Å²) in [7, 11) is 1.50. The van der Waals surface area contributed by atoms with Gasteiger partial charge in [-0.05, 0) is 45.9 Å². The second kappa shape index (κ2) is 13.5. The van der Waals surface area contributed by atoms with Gasteiger partial charge in [0.1, 0.15) is 0 Å². The van der Waals surface area contributed by atoms with Crippen LogP contribution in [-0.4, -0.2) is 31.6 Å². The van der Waals surface area contributed by atoms with Gasteiger partial charge in [-0.1, -0.05) is 20.8 Å². The van der Waals surface area contributed by atoms with E-state index in [0.29, 0.717) is 0 Å². The Kier molecular flexibility index (Phi) is 16.3. The molecule has 0 aromatic heterocycles. The number of likely N-dealkylation sites (tertiary alicyclic amines) is 1. The number of nitrogens with zero attached hydrogens (tertiary/aromatic N) is 1. The van der Waals surface area contributed by atoms with Gasteiger partial charge in [0, 0.05) is 0 Å². The molecule has 2 nitrogen and oxygen atoms in total. The normalized spacial score (nSPS) is 15.8. The van der Waals surface area contributed by atoms with Gasteiger partial charge >= 0.3 is 0 Å². The molecule has 76 valence electrons. The molecule has 1 saturated heterocycles. The van der Waals surface area contributed by atoms with Crippen molar-refractivity contribution in [3.8, 4) is 0 Å². The zero-order chi connectivity index (χ0) is 9.82. The van der Waals surface area contributed by atoms with Gasteiger partial charge in [0.15, 0.2) is 0 Å². The van der Waals surface area contributed by atoms with Crippen molar-refractivity contribution in [3.05, 3.63) is 0 Å². The van der Waals surface area contributed by atoms with E-state index in [-0.39, 0.29) is 0 Å². The number of nitrogens with two attached hydrogens (primary N) is 1. The maximum absolute atomic E-state index is 4.50. The first-order valence-corrected chi connectivity index (χ1v) is 5.23. The standard InChI is InChI=1S/C7H15N.C2H6.CH5N/c1-2-5-8-6-3-4-7-8;2*1-2/h2-7H2,1H3;1-2H3;2H2,1H3. The first kappa shape index (κ1) is 14.4. The van der Waals surface area contributed by atoms with Crippen molar-refractivity contribution in [2.45, 2.75) is 40.0 Å². The van der Waals surface area contributed by atoms with Crippen LogP contribution in [0.25, 0.3) is 0 Å². The molecule has 0 aromatic rings. The lowest BCUT2D eigenvalue weighted by molar-refractivity contribution is 0.339. The van der Waals surface area contributed by atoms with Crippen molar-refractivity contribution in [1.29, 1.82) is 0 Å². The largest absolute Gasteiger partial charge is 0.333 e. The summed E-state index contributed by atoms with van der Waals surface area (Å²) in [6.07, 6.45) is 4.18. The van der Waals surface area contributed by atoms with Gasteiger partial charge in [0.05, 0.1) is 0 Å². The Hall–Kier alpha value is -0.0800. The Bertz CT molecular complexity index is 58.9. The number of hydrogen-bond donors (Lipinski definition) is 1. The topological polar surface area (TPSA) is 29.3 Å². The maximum atomic E-state index is 4.50. The van der Waals surface area contributed by atoms with Crippen LogP contribution in [-0.2, 0) is 0 Å². The molecule has 1 aliphatic heterocycles. The first-order chi connectivity index (χ1) is 5.93. The van der Waals surface area contributed by atoms with Crippen LogP contribution in [0.3, 0.4) is 0 Å². The fraction of sp³-hybridized carbons (Fsp3) is 1.00. The second-order valence-electron chi connectivity index (χ2n) is 2.55. The van der Waals surface area contributed by atoms with E-state index >= 15 is 0 Å². The van der Waals surface area contributed by atoms with Gasteiger partial charge in [0.25, 0.3) is 0 Å². The van der Waals surface area contributed by atoms with E-state index < -0.39 is 0 Å². The highest BCUT2D eigenvalue weighted by Crippen LogP contribution is 2.06. The smallest absolute Gasteiger partial charge is 0.00183 e. The third kappa shape index (κ3) is 8.02. The molecular formula is C10H26N2. The second-order valence-corrected chi connectivity index (χ2v) is 2.55. The number of rotatable bonds is 2. The average Bonchev–Trinajstić information content (AvgIpc) is 2.65. The Morgan fingerprint density at radius 3 is 1.83 bits per heavy atom. The fourth-order valence-electron chi connectivity index (χ4n) is 1.32. The van der Waals surface area contributed by atoms with Crippen molar-refractivity contribution < 1.29 is 0 Å². The summed E-state index contributed by atoms with van der Waals surface area (Å²) in [6.45, 7) is 10.3. The lowest BCUT2D eigenvalue weighted by Gasteiger charge is -2.11. The highest BCUT2D eigenvalue weighted by molar-refractivity contribution is 4.64. The van der Waals surface area contributed by atoms with E-state index in [1.54, 1.807) is 0 Å². The van der Waals surface area contributed by atoms with E-state index in [2.05, 4.69) is 17.6 Å². The van der Waals surface area contributed by atoms with Gasteiger partial charge in [-0.15, -0.1) is 0 Å². The molecule has 0 aliphatic carbocycles. The molecule has 2 heteroatoms. The minimum atomic E-state index is 1.32. The predicted octanol–water partition coefficient (Wildman–Crippen LogP) is 2.09. The molecule has 0 bridgehead atoms. The average molecular weight is 174 g/mol. The highest BCUT2D eigenvalue weighted by Gasteiger charge is 2.08. The van der Waals surface area contributed by atoms with Crippen LogP contribution in [0, 0.1) is 0 Å². The molecule has 1 fully saturated rings. The Morgan fingerprint density at radius 1 is 1.08 bits per heavy atom. The van der Waals surface area contributed by atoms with Crippen molar-refractivity contribution in [2.75, 3.05) is 26.7 Å². The zero-order valence-electron chi connectivity index (χ0n) is 9.27. The molecule has 0 saturated carbocycles. The molecule has 0 radical (unpaired) electrons. The van der Waals surface area contributed by atoms with Crippen LogP contribution in [0.1, 0.15) is 40.0 Å². The van der Waals surface area contributed by atoms with Crippen LogP contribution in [0.15, 0.2) is 0 Å². The number of hydrogen-bond acceptors (Lipinski definition) is 2. The van der Waals surface area contributed by atoms with Crippen LogP contribution in [0.4, 0.5) is 0 Å². The van der Waals surface area contributed by atoms with E-state index in [1.807, 2.05) is 13.8 Å². The summed E-state index contributed by atoms with van der Waals surface area (Å²) >= 11 is 0. The van der Waals surface area contributed by atoms with Crippen LogP contribution in [0.2, 0.25) is 0 Å². The molecule has 0 atom stereocenters. The van der Waals surface area contributed by atoms with Crippen LogP contribution in [0.5, 0.6) is 0 Å². The molecular weight excluding hydrogens is 148 g/mol. The summed E-state index contributed by atoms with van der Waals surface area (Å²) in [4.78, 5) is 2.54. The van der Waals surface area contributed by atoms with Crippen molar-refractivity contribution in [1.82, 2.24) is 4.90 Å².